The zero-order chi connectivity index (χ0) is 14.7. The Morgan fingerprint density at radius 2 is 2.10 bits per heavy atom. The molecule has 2 aliphatic rings. The summed E-state index contributed by atoms with van der Waals surface area (Å²) < 4.78 is 19.5. The van der Waals surface area contributed by atoms with Crippen LogP contribution in [0.1, 0.15) is 31.2 Å². The van der Waals surface area contributed by atoms with Gasteiger partial charge in [0.1, 0.15) is 5.75 Å². The maximum atomic E-state index is 13.8. The summed E-state index contributed by atoms with van der Waals surface area (Å²) in [6, 6.07) is 3.12. The number of piperidine rings is 1. The maximum Gasteiger partial charge on any atom is 0.228 e. The maximum absolute atomic E-state index is 13.8. The Labute approximate surface area is 124 Å². The predicted molar refractivity (Wildman–Crippen MR) is 79.1 cm³/mol. The number of amides is 1. The average molecular weight is 292 g/mol. The third-order valence-electron chi connectivity index (χ3n) is 4.25. The number of fused-ring (bicyclic) bond motifs is 1. The largest absolute Gasteiger partial charge is 0.493 e. The van der Waals surface area contributed by atoms with E-state index in [2.05, 4.69) is 10.6 Å². The molecule has 4 nitrogen and oxygen atoms in total. The number of carbonyl (C=O) groups is 1. The Balaban J connectivity index is 1.48. The Morgan fingerprint density at radius 3 is 2.90 bits per heavy atom. The number of hydrogen-bond acceptors (Lipinski definition) is 3. The second-order valence-electron chi connectivity index (χ2n) is 5.85. The Bertz CT molecular complexity index is 527. The topological polar surface area (TPSA) is 50.4 Å². The summed E-state index contributed by atoms with van der Waals surface area (Å²) in [5.74, 6) is 0.736. The van der Waals surface area contributed by atoms with Gasteiger partial charge in [-0.25, -0.2) is 4.39 Å². The standard InChI is InChI=1S/C16H21FN2O2/c17-14-10-13(8-12-9-15(20)19-16(12)14)21-7-1-2-11-3-5-18-6-4-11/h8,10-11,18H,1-7,9H2,(H,19,20). The number of anilines is 1. The highest BCUT2D eigenvalue weighted by molar-refractivity contribution is 5.99. The van der Waals surface area contributed by atoms with Gasteiger partial charge in [-0.1, -0.05) is 0 Å². The zero-order valence-corrected chi connectivity index (χ0v) is 12.1. The van der Waals surface area contributed by atoms with E-state index < -0.39 is 5.82 Å². The summed E-state index contributed by atoms with van der Waals surface area (Å²) in [7, 11) is 0. The molecule has 0 aliphatic carbocycles. The van der Waals surface area contributed by atoms with Gasteiger partial charge in [-0.15, -0.1) is 0 Å². The molecule has 21 heavy (non-hydrogen) atoms. The number of benzene rings is 1. The molecule has 0 atom stereocenters. The van der Waals surface area contributed by atoms with Crippen molar-refractivity contribution in [3.63, 3.8) is 0 Å². The minimum Gasteiger partial charge on any atom is -0.493 e. The van der Waals surface area contributed by atoms with Gasteiger partial charge in [0.25, 0.3) is 0 Å². The Hall–Kier alpha value is -1.62. The van der Waals surface area contributed by atoms with E-state index >= 15 is 0 Å². The first-order valence-corrected chi connectivity index (χ1v) is 7.68. The van der Waals surface area contributed by atoms with Crippen LogP contribution in [0.2, 0.25) is 0 Å². The van der Waals surface area contributed by atoms with Crippen LogP contribution in [-0.2, 0) is 11.2 Å². The smallest absolute Gasteiger partial charge is 0.228 e. The minimum atomic E-state index is -0.410. The third-order valence-corrected chi connectivity index (χ3v) is 4.25. The molecule has 1 aromatic rings. The van der Waals surface area contributed by atoms with Gasteiger partial charge in [0.15, 0.2) is 5.82 Å². The van der Waals surface area contributed by atoms with Crippen LogP contribution in [0.5, 0.6) is 5.75 Å². The van der Waals surface area contributed by atoms with Gasteiger partial charge in [0.05, 0.1) is 18.7 Å². The third kappa shape index (κ3) is 3.53. The van der Waals surface area contributed by atoms with Crippen LogP contribution in [0.4, 0.5) is 10.1 Å². The second kappa shape index (κ2) is 6.43. The molecule has 1 fully saturated rings. The van der Waals surface area contributed by atoms with Gasteiger partial charge < -0.3 is 15.4 Å². The SMILES string of the molecule is O=C1Cc2cc(OCCCC3CCNCC3)cc(F)c2N1. The fourth-order valence-corrected chi connectivity index (χ4v) is 3.09. The van der Waals surface area contributed by atoms with Crippen molar-refractivity contribution < 1.29 is 13.9 Å². The predicted octanol–water partition coefficient (Wildman–Crippen LogP) is 2.48. The highest BCUT2D eigenvalue weighted by Crippen LogP contribution is 2.30. The fourth-order valence-electron chi connectivity index (χ4n) is 3.09. The van der Waals surface area contributed by atoms with Crippen LogP contribution in [0.15, 0.2) is 12.1 Å². The summed E-state index contributed by atoms with van der Waals surface area (Å²) in [6.07, 6.45) is 4.86. The molecule has 0 aromatic heterocycles. The van der Waals surface area contributed by atoms with Gasteiger partial charge >= 0.3 is 0 Å². The first-order valence-electron chi connectivity index (χ1n) is 7.68. The van der Waals surface area contributed by atoms with Gasteiger partial charge in [-0.05, 0) is 56.3 Å². The molecule has 0 spiro atoms. The lowest BCUT2D eigenvalue weighted by Gasteiger charge is -2.22. The van der Waals surface area contributed by atoms with E-state index in [0.717, 1.165) is 31.8 Å². The molecular formula is C16H21FN2O2. The molecule has 0 bridgehead atoms. The lowest BCUT2D eigenvalue weighted by molar-refractivity contribution is -0.115. The minimum absolute atomic E-state index is 0.160. The van der Waals surface area contributed by atoms with Crippen LogP contribution in [0.3, 0.4) is 0 Å². The van der Waals surface area contributed by atoms with Crippen molar-refractivity contribution in [2.75, 3.05) is 25.0 Å². The summed E-state index contributed by atoms with van der Waals surface area (Å²) in [6.45, 7) is 2.83. The highest BCUT2D eigenvalue weighted by Gasteiger charge is 2.22. The van der Waals surface area contributed by atoms with Crippen molar-refractivity contribution in [2.24, 2.45) is 5.92 Å². The number of hydrogen-bond donors (Lipinski definition) is 2. The molecule has 2 aliphatic heterocycles. The first kappa shape index (κ1) is 14.3. The van der Waals surface area contributed by atoms with Crippen LogP contribution in [0, 0.1) is 11.7 Å². The zero-order valence-electron chi connectivity index (χ0n) is 12.1. The highest BCUT2D eigenvalue weighted by atomic mass is 19.1. The molecule has 1 amide bonds. The molecule has 0 radical (unpaired) electrons. The van der Waals surface area contributed by atoms with Crippen LogP contribution in [0.25, 0.3) is 0 Å². The number of ether oxygens (including phenoxy) is 1. The van der Waals surface area contributed by atoms with E-state index in [1.807, 2.05) is 0 Å². The quantitative estimate of drug-likeness (QED) is 0.820. The van der Waals surface area contributed by atoms with Gasteiger partial charge in [-0.3, -0.25) is 4.79 Å². The van der Waals surface area contributed by atoms with Crippen molar-refractivity contribution in [2.45, 2.75) is 32.1 Å². The van der Waals surface area contributed by atoms with Crippen LogP contribution < -0.4 is 15.4 Å². The van der Waals surface area contributed by atoms with Crippen molar-refractivity contribution >= 4 is 11.6 Å². The van der Waals surface area contributed by atoms with Crippen molar-refractivity contribution in [3.05, 3.63) is 23.5 Å². The van der Waals surface area contributed by atoms with E-state index in [1.165, 1.54) is 18.9 Å². The Kier molecular flexibility index (Phi) is 4.39. The lowest BCUT2D eigenvalue weighted by Crippen LogP contribution is -2.27. The first-order chi connectivity index (χ1) is 10.2. The fraction of sp³-hybridized carbons (Fsp3) is 0.562. The van der Waals surface area contributed by atoms with E-state index in [9.17, 15) is 9.18 Å². The number of carbonyl (C=O) groups excluding carboxylic acids is 1. The normalized spacial score (nSPS) is 18.4. The molecule has 1 aromatic carbocycles. The molecule has 5 heteroatoms. The molecule has 0 unspecified atom stereocenters. The van der Waals surface area contributed by atoms with E-state index in [1.54, 1.807) is 6.07 Å². The molecule has 2 heterocycles. The molecular weight excluding hydrogens is 271 g/mol. The Morgan fingerprint density at radius 1 is 1.29 bits per heavy atom. The van der Waals surface area contributed by atoms with E-state index in [4.69, 9.17) is 4.74 Å². The molecule has 114 valence electrons. The number of halogens is 1. The van der Waals surface area contributed by atoms with E-state index in [0.29, 0.717) is 23.6 Å². The van der Waals surface area contributed by atoms with Crippen molar-refractivity contribution in [1.29, 1.82) is 0 Å². The van der Waals surface area contributed by atoms with Crippen LogP contribution >= 0.6 is 0 Å². The number of rotatable bonds is 5. The average Bonchev–Trinajstić information content (AvgIpc) is 2.86. The molecule has 0 saturated carbocycles. The van der Waals surface area contributed by atoms with Gasteiger partial charge in [0.2, 0.25) is 5.91 Å². The number of nitrogens with one attached hydrogen (secondary N) is 2. The summed E-state index contributed by atoms with van der Waals surface area (Å²) in [5, 5.41) is 5.89. The van der Waals surface area contributed by atoms with Gasteiger partial charge in [0, 0.05) is 6.07 Å². The van der Waals surface area contributed by atoms with Crippen molar-refractivity contribution in [1.82, 2.24) is 5.32 Å². The molecule has 1 saturated heterocycles. The molecule has 3 rings (SSSR count). The summed E-state index contributed by atoms with van der Waals surface area (Å²) in [5.41, 5.74) is 0.996. The molecule has 2 N–H and O–H groups in total. The summed E-state index contributed by atoms with van der Waals surface area (Å²) >= 11 is 0. The second-order valence-corrected chi connectivity index (χ2v) is 5.85. The van der Waals surface area contributed by atoms with Gasteiger partial charge in [-0.2, -0.15) is 0 Å². The van der Waals surface area contributed by atoms with Crippen molar-refractivity contribution in [3.8, 4) is 5.75 Å². The lowest BCUT2D eigenvalue weighted by atomic mass is 9.93. The van der Waals surface area contributed by atoms with E-state index in [-0.39, 0.29) is 12.3 Å². The van der Waals surface area contributed by atoms with Crippen LogP contribution in [-0.4, -0.2) is 25.6 Å². The summed E-state index contributed by atoms with van der Waals surface area (Å²) in [4.78, 5) is 11.3. The monoisotopic (exact) mass is 292 g/mol.